The van der Waals surface area contributed by atoms with Crippen LogP contribution in [-0.2, 0) is 17.1 Å². The van der Waals surface area contributed by atoms with Crippen molar-refractivity contribution in [2.75, 3.05) is 13.2 Å². The van der Waals surface area contributed by atoms with E-state index in [-0.39, 0.29) is 17.4 Å². The molecule has 8 heteroatoms. The lowest BCUT2D eigenvalue weighted by atomic mass is 9.95. The van der Waals surface area contributed by atoms with E-state index >= 15 is 0 Å². The summed E-state index contributed by atoms with van der Waals surface area (Å²) in [4.78, 5) is 0.166. The van der Waals surface area contributed by atoms with Crippen molar-refractivity contribution in [2.45, 2.75) is 23.7 Å². The monoisotopic (exact) mass is 329 g/mol. The standard InChI is InChI=1S/C13H19N3O3S2/c1-16-9-13(8-14-16)21(18,19)15-5-2-11(3-6-17)12-4-7-20-10-12/h4,7-11,15,17H,2-3,5-6H2,1H3/t11-/m1/s1. The van der Waals surface area contributed by atoms with Crippen molar-refractivity contribution in [3.63, 3.8) is 0 Å². The Morgan fingerprint density at radius 3 is 2.86 bits per heavy atom. The Morgan fingerprint density at radius 1 is 1.48 bits per heavy atom. The third-order valence-electron chi connectivity index (χ3n) is 3.27. The zero-order valence-corrected chi connectivity index (χ0v) is 13.4. The lowest BCUT2D eigenvalue weighted by Gasteiger charge is -2.14. The summed E-state index contributed by atoms with van der Waals surface area (Å²) in [5.41, 5.74) is 1.15. The SMILES string of the molecule is Cn1cc(S(=O)(=O)NCC[C@H](CCO)c2ccsc2)cn1. The van der Waals surface area contributed by atoms with Crippen LogP contribution in [0.5, 0.6) is 0 Å². The molecule has 0 spiro atoms. The molecule has 2 N–H and O–H groups in total. The van der Waals surface area contributed by atoms with Crippen LogP contribution in [-0.4, -0.2) is 36.5 Å². The van der Waals surface area contributed by atoms with Crippen molar-refractivity contribution in [2.24, 2.45) is 7.05 Å². The molecule has 2 aromatic rings. The van der Waals surface area contributed by atoms with Gasteiger partial charge >= 0.3 is 0 Å². The van der Waals surface area contributed by atoms with E-state index in [0.717, 1.165) is 5.56 Å². The summed E-state index contributed by atoms with van der Waals surface area (Å²) in [6.07, 6.45) is 4.07. The molecule has 0 bridgehead atoms. The summed E-state index contributed by atoms with van der Waals surface area (Å²) in [5.74, 6) is 0.165. The second-order valence-corrected chi connectivity index (χ2v) is 7.35. The van der Waals surface area contributed by atoms with Gasteiger partial charge in [-0.05, 0) is 41.1 Å². The fraction of sp³-hybridized carbons (Fsp3) is 0.462. The Morgan fingerprint density at radius 2 is 2.29 bits per heavy atom. The molecule has 0 aliphatic heterocycles. The summed E-state index contributed by atoms with van der Waals surface area (Å²) in [6, 6.07) is 2.01. The summed E-state index contributed by atoms with van der Waals surface area (Å²) in [6.45, 7) is 0.424. The lowest BCUT2D eigenvalue weighted by molar-refractivity contribution is 0.273. The molecule has 116 valence electrons. The Hall–Kier alpha value is -1.22. The number of hydrogen-bond acceptors (Lipinski definition) is 5. The molecule has 2 aromatic heterocycles. The summed E-state index contributed by atoms with van der Waals surface area (Å²) < 4.78 is 28.2. The second kappa shape index (κ2) is 7.17. The Balaban J connectivity index is 1.93. The zero-order chi connectivity index (χ0) is 15.3. The van der Waals surface area contributed by atoms with E-state index in [0.29, 0.717) is 19.4 Å². The quantitative estimate of drug-likeness (QED) is 0.765. The molecule has 1 atom stereocenters. The molecule has 0 radical (unpaired) electrons. The number of nitrogens with zero attached hydrogens (tertiary/aromatic N) is 2. The van der Waals surface area contributed by atoms with E-state index in [9.17, 15) is 8.42 Å². The number of aliphatic hydroxyl groups excluding tert-OH is 1. The van der Waals surface area contributed by atoms with E-state index in [1.165, 1.54) is 17.1 Å². The second-order valence-electron chi connectivity index (χ2n) is 4.80. The third kappa shape index (κ3) is 4.37. The number of rotatable bonds is 8. The fourth-order valence-corrected chi connectivity index (χ4v) is 3.90. The van der Waals surface area contributed by atoms with Crippen LogP contribution in [0.4, 0.5) is 0 Å². The largest absolute Gasteiger partial charge is 0.396 e. The molecule has 0 fully saturated rings. The number of thiophene rings is 1. The first kappa shape index (κ1) is 16.2. The van der Waals surface area contributed by atoms with Crippen molar-refractivity contribution in [1.82, 2.24) is 14.5 Å². The first-order valence-corrected chi connectivity index (χ1v) is 9.07. The van der Waals surface area contributed by atoms with Crippen molar-refractivity contribution in [3.05, 3.63) is 34.8 Å². The van der Waals surface area contributed by atoms with Gasteiger partial charge in [0, 0.05) is 26.4 Å². The van der Waals surface area contributed by atoms with Crippen LogP contribution >= 0.6 is 11.3 Å². The maximum absolute atomic E-state index is 12.1. The van der Waals surface area contributed by atoms with Crippen LogP contribution < -0.4 is 4.72 Å². The first-order chi connectivity index (χ1) is 10.0. The van der Waals surface area contributed by atoms with E-state index in [2.05, 4.69) is 9.82 Å². The zero-order valence-electron chi connectivity index (χ0n) is 11.8. The highest BCUT2D eigenvalue weighted by Crippen LogP contribution is 2.25. The van der Waals surface area contributed by atoms with Gasteiger partial charge in [0.15, 0.2) is 0 Å². The number of aryl methyl sites for hydroxylation is 1. The minimum Gasteiger partial charge on any atom is -0.396 e. The van der Waals surface area contributed by atoms with E-state index in [1.54, 1.807) is 18.4 Å². The van der Waals surface area contributed by atoms with Crippen molar-refractivity contribution < 1.29 is 13.5 Å². The molecule has 0 saturated carbocycles. The summed E-state index contributed by atoms with van der Waals surface area (Å²) in [5, 5.41) is 17.0. The number of nitrogens with one attached hydrogen (secondary N) is 1. The molecule has 0 aromatic carbocycles. The molecule has 6 nitrogen and oxygen atoms in total. The first-order valence-electron chi connectivity index (χ1n) is 6.64. The van der Waals surface area contributed by atoms with Crippen molar-refractivity contribution in [3.8, 4) is 0 Å². The summed E-state index contributed by atoms with van der Waals surface area (Å²) in [7, 11) is -1.84. The highest BCUT2D eigenvalue weighted by Gasteiger charge is 2.17. The van der Waals surface area contributed by atoms with E-state index in [1.807, 2.05) is 16.8 Å². The number of sulfonamides is 1. The average molecular weight is 329 g/mol. The van der Waals surface area contributed by atoms with Gasteiger partial charge in [0.2, 0.25) is 10.0 Å². The molecule has 0 saturated heterocycles. The molecule has 2 heterocycles. The normalized spacial score (nSPS) is 13.4. The molecule has 0 unspecified atom stereocenters. The summed E-state index contributed by atoms with van der Waals surface area (Å²) >= 11 is 1.60. The minimum atomic E-state index is -3.51. The van der Waals surface area contributed by atoms with Crippen LogP contribution in [0.25, 0.3) is 0 Å². The smallest absolute Gasteiger partial charge is 0.243 e. The average Bonchev–Trinajstić information content (AvgIpc) is 3.08. The molecule has 21 heavy (non-hydrogen) atoms. The molecular formula is C13H19N3O3S2. The van der Waals surface area contributed by atoms with Gasteiger partial charge in [0.25, 0.3) is 0 Å². The number of hydrogen-bond donors (Lipinski definition) is 2. The maximum atomic E-state index is 12.1. The molecular weight excluding hydrogens is 310 g/mol. The maximum Gasteiger partial charge on any atom is 0.243 e. The van der Waals surface area contributed by atoms with Gasteiger partial charge in [-0.15, -0.1) is 0 Å². The predicted octanol–water partition coefficient (Wildman–Crippen LogP) is 1.32. The highest BCUT2D eigenvalue weighted by molar-refractivity contribution is 7.89. The van der Waals surface area contributed by atoms with Gasteiger partial charge in [0.1, 0.15) is 4.90 Å². The van der Waals surface area contributed by atoms with Gasteiger partial charge in [-0.2, -0.15) is 16.4 Å². The van der Waals surface area contributed by atoms with E-state index < -0.39 is 10.0 Å². The van der Waals surface area contributed by atoms with Gasteiger partial charge in [0.05, 0.1) is 6.20 Å². The fourth-order valence-electron chi connectivity index (χ4n) is 2.13. The number of aliphatic hydroxyl groups is 1. The predicted molar refractivity (Wildman–Crippen MR) is 81.8 cm³/mol. The number of aromatic nitrogens is 2. The van der Waals surface area contributed by atoms with Crippen LogP contribution in [0, 0.1) is 0 Å². The van der Waals surface area contributed by atoms with Crippen molar-refractivity contribution in [1.29, 1.82) is 0 Å². The van der Waals surface area contributed by atoms with Gasteiger partial charge in [-0.1, -0.05) is 0 Å². The Labute approximate surface area is 128 Å². The van der Waals surface area contributed by atoms with Crippen LogP contribution in [0.3, 0.4) is 0 Å². The molecule has 0 amide bonds. The highest BCUT2D eigenvalue weighted by atomic mass is 32.2. The topological polar surface area (TPSA) is 84.2 Å². The van der Waals surface area contributed by atoms with Crippen LogP contribution in [0.15, 0.2) is 34.1 Å². The molecule has 0 aliphatic carbocycles. The molecule has 2 rings (SSSR count). The van der Waals surface area contributed by atoms with Crippen LogP contribution in [0.1, 0.15) is 24.3 Å². The Bertz CT molecular complexity index is 650. The third-order valence-corrected chi connectivity index (χ3v) is 5.39. The minimum absolute atomic E-state index is 0.0931. The van der Waals surface area contributed by atoms with Crippen LogP contribution in [0.2, 0.25) is 0 Å². The van der Waals surface area contributed by atoms with Gasteiger partial charge < -0.3 is 5.11 Å². The van der Waals surface area contributed by atoms with Crippen molar-refractivity contribution >= 4 is 21.4 Å². The van der Waals surface area contributed by atoms with E-state index in [4.69, 9.17) is 5.11 Å². The van der Waals surface area contributed by atoms with Gasteiger partial charge in [-0.25, -0.2) is 13.1 Å². The Kier molecular flexibility index (Phi) is 5.51. The lowest BCUT2D eigenvalue weighted by Crippen LogP contribution is -2.25. The molecule has 0 aliphatic rings. The van der Waals surface area contributed by atoms with Gasteiger partial charge in [-0.3, -0.25) is 4.68 Å².